The molecular weight excluding hydrogens is 274 g/mol. The first-order chi connectivity index (χ1) is 8.28. The van der Waals surface area contributed by atoms with Gasteiger partial charge in [-0.25, -0.2) is 8.42 Å². The molecule has 0 saturated carbocycles. The number of carbonyl (C=O) groups is 1. The fraction of sp³-hybridized carbons (Fsp3) is 0.917. The van der Waals surface area contributed by atoms with E-state index in [1.165, 1.54) is 0 Å². The molecule has 1 N–H and O–H groups in total. The van der Waals surface area contributed by atoms with E-state index in [-0.39, 0.29) is 17.1 Å². The Hall–Kier alpha value is -0.290. The van der Waals surface area contributed by atoms with Gasteiger partial charge in [0.15, 0.2) is 9.84 Å². The Labute approximate surface area is 114 Å². The fourth-order valence-corrected chi connectivity index (χ4v) is 4.37. The molecule has 1 amide bonds. The summed E-state index contributed by atoms with van der Waals surface area (Å²) in [6.07, 6.45) is 2.71. The third kappa shape index (κ3) is 4.43. The highest BCUT2D eigenvalue weighted by Crippen LogP contribution is 2.22. The molecule has 1 rings (SSSR count). The molecule has 0 radical (unpaired) electrons. The van der Waals surface area contributed by atoms with Gasteiger partial charge < -0.3 is 5.32 Å². The van der Waals surface area contributed by atoms with Crippen LogP contribution in [0.2, 0.25) is 0 Å². The van der Waals surface area contributed by atoms with Crippen LogP contribution in [0.5, 0.6) is 0 Å². The van der Waals surface area contributed by atoms with Crippen molar-refractivity contribution in [3.63, 3.8) is 0 Å². The minimum absolute atomic E-state index is 0.101. The van der Waals surface area contributed by atoms with Crippen LogP contribution in [0, 0.1) is 5.41 Å². The minimum atomic E-state index is -3.24. The van der Waals surface area contributed by atoms with Crippen molar-refractivity contribution in [2.24, 2.45) is 5.41 Å². The van der Waals surface area contributed by atoms with Crippen molar-refractivity contribution < 1.29 is 13.2 Å². The standard InChI is InChI=1S/C12H22ClNO3S/c1-12(2,6-7-13)9-14-11(15)10-5-3-4-8-18(10,16)17/h10H,3-9H2,1-2H3,(H,14,15). The lowest BCUT2D eigenvalue weighted by atomic mass is 9.90. The third-order valence-electron chi connectivity index (χ3n) is 3.38. The number of hydrogen-bond acceptors (Lipinski definition) is 3. The van der Waals surface area contributed by atoms with E-state index >= 15 is 0 Å². The summed E-state index contributed by atoms with van der Waals surface area (Å²) in [6.45, 7) is 4.47. The quantitative estimate of drug-likeness (QED) is 0.786. The molecule has 0 aliphatic carbocycles. The molecule has 106 valence electrons. The third-order valence-corrected chi connectivity index (χ3v) is 5.75. The summed E-state index contributed by atoms with van der Waals surface area (Å²) in [6, 6.07) is 0. The molecule has 1 saturated heterocycles. The van der Waals surface area contributed by atoms with Crippen molar-refractivity contribution in [2.45, 2.75) is 44.8 Å². The van der Waals surface area contributed by atoms with Gasteiger partial charge in [0.1, 0.15) is 5.25 Å². The smallest absolute Gasteiger partial charge is 0.238 e. The van der Waals surface area contributed by atoms with Crippen LogP contribution in [0.1, 0.15) is 39.5 Å². The Balaban J connectivity index is 2.55. The topological polar surface area (TPSA) is 63.2 Å². The second-order valence-electron chi connectivity index (χ2n) is 5.67. The second-order valence-corrected chi connectivity index (χ2v) is 8.35. The van der Waals surface area contributed by atoms with Gasteiger partial charge in [-0.05, 0) is 24.7 Å². The number of halogens is 1. The zero-order valence-corrected chi connectivity index (χ0v) is 12.6. The van der Waals surface area contributed by atoms with Crippen molar-refractivity contribution in [1.82, 2.24) is 5.32 Å². The Morgan fingerprint density at radius 3 is 2.61 bits per heavy atom. The van der Waals surface area contributed by atoms with Crippen LogP contribution in [0.3, 0.4) is 0 Å². The molecule has 4 nitrogen and oxygen atoms in total. The van der Waals surface area contributed by atoms with E-state index in [9.17, 15) is 13.2 Å². The Morgan fingerprint density at radius 2 is 2.06 bits per heavy atom. The van der Waals surface area contributed by atoms with Gasteiger partial charge in [-0.1, -0.05) is 20.3 Å². The van der Waals surface area contributed by atoms with E-state index in [1.54, 1.807) is 0 Å². The highest BCUT2D eigenvalue weighted by molar-refractivity contribution is 7.92. The first-order valence-corrected chi connectivity index (χ1v) is 8.59. The van der Waals surface area contributed by atoms with E-state index in [0.717, 1.165) is 12.8 Å². The average Bonchev–Trinajstić information content (AvgIpc) is 2.25. The van der Waals surface area contributed by atoms with E-state index < -0.39 is 15.1 Å². The predicted molar refractivity (Wildman–Crippen MR) is 73.6 cm³/mol. The molecule has 1 atom stereocenters. The van der Waals surface area contributed by atoms with Gasteiger partial charge >= 0.3 is 0 Å². The number of amides is 1. The van der Waals surface area contributed by atoms with Gasteiger partial charge in [0.05, 0.1) is 5.75 Å². The van der Waals surface area contributed by atoms with Crippen LogP contribution in [0.4, 0.5) is 0 Å². The van der Waals surface area contributed by atoms with E-state index in [1.807, 2.05) is 13.8 Å². The number of nitrogens with one attached hydrogen (secondary N) is 1. The summed E-state index contributed by atoms with van der Waals surface area (Å²) < 4.78 is 23.6. The van der Waals surface area contributed by atoms with Crippen LogP contribution in [-0.4, -0.2) is 37.8 Å². The maximum atomic E-state index is 11.9. The number of hydrogen-bond donors (Lipinski definition) is 1. The number of rotatable bonds is 5. The van der Waals surface area contributed by atoms with Crippen LogP contribution in [0.15, 0.2) is 0 Å². The molecule has 1 aliphatic rings. The van der Waals surface area contributed by atoms with Crippen LogP contribution < -0.4 is 5.32 Å². The lowest BCUT2D eigenvalue weighted by molar-refractivity contribution is -0.121. The first kappa shape index (κ1) is 15.8. The van der Waals surface area contributed by atoms with Crippen LogP contribution in [0.25, 0.3) is 0 Å². The van der Waals surface area contributed by atoms with Gasteiger partial charge in [-0.15, -0.1) is 11.6 Å². The number of alkyl halides is 1. The van der Waals surface area contributed by atoms with Gasteiger partial charge in [0.2, 0.25) is 5.91 Å². The molecule has 0 aromatic rings. The lowest BCUT2D eigenvalue weighted by Gasteiger charge is -2.26. The monoisotopic (exact) mass is 295 g/mol. The fourth-order valence-electron chi connectivity index (χ4n) is 2.03. The van der Waals surface area contributed by atoms with Gasteiger partial charge in [-0.2, -0.15) is 0 Å². The van der Waals surface area contributed by atoms with Crippen molar-refractivity contribution in [2.75, 3.05) is 18.2 Å². The van der Waals surface area contributed by atoms with Crippen molar-refractivity contribution >= 4 is 27.3 Å². The first-order valence-electron chi connectivity index (χ1n) is 6.34. The summed E-state index contributed by atoms with van der Waals surface area (Å²) in [5.41, 5.74) is -0.101. The maximum Gasteiger partial charge on any atom is 0.238 e. The molecule has 1 aliphatic heterocycles. The molecule has 0 aromatic heterocycles. The van der Waals surface area contributed by atoms with Crippen LogP contribution in [-0.2, 0) is 14.6 Å². The van der Waals surface area contributed by atoms with Crippen LogP contribution >= 0.6 is 11.6 Å². The lowest BCUT2D eigenvalue weighted by Crippen LogP contribution is -2.45. The minimum Gasteiger partial charge on any atom is -0.354 e. The molecule has 1 heterocycles. The zero-order chi connectivity index (χ0) is 13.8. The molecule has 1 fully saturated rings. The molecule has 1 unspecified atom stereocenters. The summed E-state index contributed by atoms with van der Waals surface area (Å²) in [4.78, 5) is 11.9. The SMILES string of the molecule is CC(C)(CCCl)CNC(=O)C1CCCCS1(=O)=O. The zero-order valence-electron chi connectivity index (χ0n) is 11.0. The Kier molecular flexibility index (Phi) is 5.46. The Bertz CT molecular complexity index is 392. The van der Waals surface area contributed by atoms with Crippen molar-refractivity contribution in [3.05, 3.63) is 0 Å². The Morgan fingerprint density at radius 1 is 1.39 bits per heavy atom. The molecule has 0 bridgehead atoms. The summed E-state index contributed by atoms with van der Waals surface area (Å²) in [5.74, 6) is 0.318. The molecule has 18 heavy (non-hydrogen) atoms. The maximum absolute atomic E-state index is 11.9. The summed E-state index contributed by atoms with van der Waals surface area (Å²) in [5, 5.41) is 1.91. The highest BCUT2D eigenvalue weighted by Gasteiger charge is 2.35. The largest absolute Gasteiger partial charge is 0.354 e. The van der Waals surface area contributed by atoms with Crippen molar-refractivity contribution in [1.29, 1.82) is 0 Å². The average molecular weight is 296 g/mol. The summed E-state index contributed by atoms with van der Waals surface area (Å²) in [7, 11) is -3.24. The molecular formula is C12H22ClNO3S. The normalized spacial score (nSPS) is 23.6. The van der Waals surface area contributed by atoms with Crippen molar-refractivity contribution in [3.8, 4) is 0 Å². The van der Waals surface area contributed by atoms with Gasteiger partial charge in [0, 0.05) is 12.4 Å². The van der Waals surface area contributed by atoms with Gasteiger partial charge in [-0.3, -0.25) is 4.79 Å². The number of carbonyl (C=O) groups excluding carboxylic acids is 1. The van der Waals surface area contributed by atoms with E-state index in [0.29, 0.717) is 25.3 Å². The van der Waals surface area contributed by atoms with Gasteiger partial charge in [0.25, 0.3) is 0 Å². The summed E-state index contributed by atoms with van der Waals surface area (Å²) >= 11 is 5.69. The highest BCUT2D eigenvalue weighted by atomic mass is 35.5. The van der Waals surface area contributed by atoms with E-state index in [2.05, 4.69) is 5.32 Å². The second kappa shape index (κ2) is 6.24. The molecule has 6 heteroatoms. The number of sulfone groups is 1. The van der Waals surface area contributed by atoms with E-state index in [4.69, 9.17) is 11.6 Å². The molecule has 0 aromatic carbocycles. The molecule has 0 spiro atoms. The predicted octanol–water partition coefficient (Wildman–Crippen LogP) is 1.72.